The maximum Gasteiger partial charge on any atom is 0.145 e. The fraction of sp³-hybridized carbons (Fsp3) is 0.0222. The summed E-state index contributed by atoms with van der Waals surface area (Å²) in [7, 11) is 0. The van der Waals surface area contributed by atoms with Crippen molar-refractivity contribution in [2.75, 3.05) is 5.32 Å². The SMILES string of the molecule is C1=C(c2ccccc2)c2ccccc2NC1n1c2ccccc2c2cc3c4c5oc6ccccc6c5ccc4n(-c4ccccc4)c3cc21. The van der Waals surface area contributed by atoms with Gasteiger partial charge in [0.15, 0.2) is 0 Å². The molecule has 1 atom stereocenters. The van der Waals surface area contributed by atoms with Crippen LogP contribution in [0.15, 0.2) is 168 Å². The van der Waals surface area contributed by atoms with Crippen molar-refractivity contribution in [1.29, 1.82) is 0 Å². The lowest BCUT2D eigenvalue weighted by molar-refractivity contribution is 0.673. The Balaban J connectivity index is 1.27. The molecule has 1 unspecified atom stereocenters. The third-order valence-electron chi connectivity index (χ3n) is 10.3. The molecule has 1 N–H and O–H groups in total. The summed E-state index contributed by atoms with van der Waals surface area (Å²) >= 11 is 0. The van der Waals surface area contributed by atoms with E-state index in [2.05, 4.69) is 172 Å². The van der Waals surface area contributed by atoms with Crippen LogP contribution in [-0.2, 0) is 0 Å². The van der Waals surface area contributed by atoms with Gasteiger partial charge in [0.05, 0.1) is 27.5 Å². The lowest BCUT2D eigenvalue weighted by Crippen LogP contribution is -2.20. The quantitative estimate of drug-likeness (QED) is 0.211. The van der Waals surface area contributed by atoms with Gasteiger partial charge in [-0.15, -0.1) is 0 Å². The molecule has 0 saturated carbocycles. The Morgan fingerprint density at radius 1 is 0.510 bits per heavy atom. The van der Waals surface area contributed by atoms with E-state index in [-0.39, 0.29) is 6.17 Å². The zero-order valence-corrected chi connectivity index (χ0v) is 26.5. The summed E-state index contributed by atoms with van der Waals surface area (Å²) in [5.41, 5.74) is 12.4. The van der Waals surface area contributed by atoms with E-state index in [4.69, 9.17) is 4.42 Å². The van der Waals surface area contributed by atoms with Crippen molar-refractivity contribution in [2.24, 2.45) is 0 Å². The number of hydrogen-bond acceptors (Lipinski definition) is 2. The maximum absolute atomic E-state index is 6.67. The lowest BCUT2D eigenvalue weighted by Gasteiger charge is -2.29. The van der Waals surface area contributed by atoms with Crippen LogP contribution in [0.5, 0.6) is 0 Å². The molecule has 4 nitrogen and oxygen atoms in total. The predicted molar refractivity (Wildman–Crippen MR) is 204 cm³/mol. The second-order valence-corrected chi connectivity index (χ2v) is 13.0. The number of aromatic nitrogens is 2. The zero-order chi connectivity index (χ0) is 32.1. The number of rotatable bonds is 3. The van der Waals surface area contributed by atoms with Crippen molar-refractivity contribution >= 4 is 76.8 Å². The zero-order valence-electron chi connectivity index (χ0n) is 26.5. The minimum absolute atomic E-state index is 0.110. The normalized spacial score (nSPS) is 14.6. The number of anilines is 1. The van der Waals surface area contributed by atoms with E-state index >= 15 is 0 Å². The number of para-hydroxylation sites is 4. The van der Waals surface area contributed by atoms with Crippen LogP contribution in [0, 0.1) is 0 Å². The van der Waals surface area contributed by atoms with Crippen LogP contribution in [0.4, 0.5) is 5.69 Å². The average molecular weight is 628 g/mol. The molecule has 4 heterocycles. The first kappa shape index (κ1) is 26.5. The van der Waals surface area contributed by atoms with E-state index in [0.29, 0.717) is 0 Å². The third kappa shape index (κ3) is 3.74. The number of hydrogen-bond donors (Lipinski definition) is 1. The highest BCUT2D eigenvalue weighted by molar-refractivity contribution is 6.26. The Morgan fingerprint density at radius 3 is 2.12 bits per heavy atom. The molecule has 3 aromatic heterocycles. The lowest BCUT2D eigenvalue weighted by atomic mass is 9.93. The van der Waals surface area contributed by atoms with Crippen molar-refractivity contribution in [1.82, 2.24) is 9.13 Å². The molecule has 0 fully saturated rings. The third-order valence-corrected chi connectivity index (χ3v) is 10.3. The fourth-order valence-corrected chi connectivity index (χ4v) is 8.23. The van der Waals surface area contributed by atoms with Crippen molar-refractivity contribution in [3.05, 3.63) is 175 Å². The molecule has 4 heteroatoms. The fourth-order valence-electron chi connectivity index (χ4n) is 8.23. The van der Waals surface area contributed by atoms with Gasteiger partial charge < -0.3 is 18.9 Å². The summed E-state index contributed by atoms with van der Waals surface area (Å²) in [4.78, 5) is 0. The summed E-state index contributed by atoms with van der Waals surface area (Å²) in [5, 5.41) is 11.0. The molecule has 11 rings (SSSR count). The van der Waals surface area contributed by atoms with E-state index in [0.717, 1.165) is 49.7 Å². The van der Waals surface area contributed by atoms with E-state index < -0.39 is 0 Å². The van der Waals surface area contributed by atoms with Gasteiger partial charge in [-0.1, -0.05) is 103 Å². The Labute approximate surface area is 281 Å². The summed E-state index contributed by atoms with van der Waals surface area (Å²) in [5.74, 6) is 0. The van der Waals surface area contributed by atoms with Crippen LogP contribution in [-0.4, -0.2) is 9.13 Å². The van der Waals surface area contributed by atoms with Crippen LogP contribution in [0.1, 0.15) is 17.3 Å². The largest absolute Gasteiger partial charge is 0.455 e. The van der Waals surface area contributed by atoms with Gasteiger partial charge >= 0.3 is 0 Å². The van der Waals surface area contributed by atoms with Gasteiger partial charge in [-0.3, -0.25) is 0 Å². The molecule has 0 amide bonds. The summed E-state index contributed by atoms with van der Waals surface area (Å²) in [6.07, 6.45) is 2.28. The van der Waals surface area contributed by atoms with Gasteiger partial charge in [0.2, 0.25) is 0 Å². The first-order valence-electron chi connectivity index (χ1n) is 16.8. The molecule has 7 aromatic carbocycles. The minimum atomic E-state index is -0.110. The maximum atomic E-state index is 6.67. The van der Waals surface area contributed by atoms with Crippen molar-refractivity contribution in [2.45, 2.75) is 6.17 Å². The number of fused-ring (bicyclic) bond motifs is 11. The summed E-state index contributed by atoms with van der Waals surface area (Å²) < 4.78 is 11.5. The molecule has 230 valence electrons. The second-order valence-electron chi connectivity index (χ2n) is 13.0. The minimum Gasteiger partial charge on any atom is -0.455 e. The first-order chi connectivity index (χ1) is 24.3. The van der Waals surface area contributed by atoms with Gasteiger partial charge in [0, 0.05) is 43.9 Å². The van der Waals surface area contributed by atoms with Gasteiger partial charge in [-0.2, -0.15) is 0 Å². The van der Waals surface area contributed by atoms with Crippen LogP contribution in [0.3, 0.4) is 0 Å². The molecule has 0 aliphatic carbocycles. The van der Waals surface area contributed by atoms with Crippen molar-refractivity contribution in [3.63, 3.8) is 0 Å². The molecule has 1 aliphatic heterocycles. The van der Waals surface area contributed by atoms with E-state index in [1.165, 1.54) is 43.9 Å². The molecule has 0 spiro atoms. The Bertz CT molecular complexity index is 2960. The number of furan rings is 1. The second kappa shape index (κ2) is 9.99. The molecule has 0 bridgehead atoms. The highest BCUT2D eigenvalue weighted by Gasteiger charge is 2.26. The van der Waals surface area contributed by atoms with E-state index in [1.807, 2.05) is 6.07 Å². The standard InChI is InChI=1S/C45H29N3O/c1-3-13-28(14-4-1)34-26-43(46-37-20-10-7-17-30(34)37)48-38-21-11-8-18-31(38)35-25-36-41(27-40(35)48)47(29-15-5-2-6-16-29)39-24-23-33-32-19-9-12-22-42(32)49-45(33)44(36)39/h1-27,43,46H. The van der Waals surface area contributed by atoms with Crippen molar-refractivity contribution in [3.8, 4) is 5.69 Å². The highest BCUT2D eigenvalue weighted by atomic mass is 16.3. The number of nitrogens with zero attached hydrogens (tertiary/aromatic N) is 2. The molecular weight excluding hydrogens is 599 g/mol. The van der Waals surface area contributed by atoms with Crippen molar-refractivity contribution < 1.29 is 4.42 Å². The van der Waals surface area contributed by atoms with Crippen LogP contribution in [0.25, 0.3) is 76.8 Å². The molecule has 0 radical (unpaired) electrons. The van der Waals surface area contributed by atoms with Crippen LogP contribution >= 0.6 is 0 Å². The monoisotopic (exact) mass is 627 g/mol. The summed E-state index contributed by atoms with van der Waals surface area (Å²) in [6, 6.07) is 56.5. The molecular formula is C45H29N3O. The molecule has 0 saturated heterocycles. The smallest absolute Gasteiger partial charge is 0.145 e. The Hall–Kier alpha value is -6.52. The molecule has 1 aliphatic rings. The highest BCUT2D eigenvalue weighted by Crippen LogP contribution is 2.45. The first-order valence-corrected chi connectivity index (χ1v) is 16.8. The topological polar surface area (TPSA) is 35.0 Å². The Morgan fingerprint density at radius 2 is 1.24 bits per heavy atom. The van der Waals surface area contributed by atoms with E-state index in [9.17, 15) is 0 Å². The van der Waals surface area contributed by atoms with E-state index in [1.54, 1.807) is 0 Å². The molecule has 10 aromatic rings. The van der Waals surface area contributed by atoms with Crippen LogP contribution in [0.2, 0.25) is 0 Å². The van der Waals surface area contributed by atoms with Crippen LogP contribution < -0.4 is 5.32 Å². The van der Waals surface area contributed by atoms with Gasteiger partial charge in [0.1, 0.15) is 17.3 Å². The predicted octanol–water partition coefficient (Wildman–Crippen LogP) is 11.8. The van der Waals surface area contributed by atoms with Gasteiger partial charge in [0.25, 0.3) is 0 Å². The van der Waals surface area contributed by atoms with Gasteiger partial charge in [-0.05, 0) is 71.8 Å². The average Bonchev–Trinajstić information content (AvgIpc) is 3.81. The molecule has 49 heavy (non-hydrogen) atoms. The number of benzene rings is 7. The summed E-state index contributed by atoms with van der Waals surface area (Å²) in [6.45, 7) is 0. The number of nitrogens with one attached hydrogen (secondary N) is 1. The Kier molecular flexibility index (Phi) is 5.41. The van der Waals surface area contributed by atoms with Gasteiger partial charge in [-0.25, -0.2) is 0 Å².